The summed E-state index contributed by atoms with van der Waals surface area (Å²) in [6.45, 7) is 8.26. The number of hydrogen-bond donors (Lipinski definition) is 1. The Bertz CT molecular complexity index is 203. The second-order valence-corrected chi connectivity index (χ2v) is 4.74. The Kier molecular flexibility index (Phi) is 4.24. The van der Waals surface area contributed by atoms with Crippen molar-refractivity contribution in [1.82, 2.24) is 5.32 Å². The third-order valence-corrected chi connectivity index (χ3v) is 3.16. The van der Waals surface area contributed by atoms with Gasteiger partial charge in [-0.15, -0.1) is 0 Å². The van der Waals surface area contributed by atoms with Crippen LogP contribution in [-0.4, -0.2) is 5.54 Å². The van der Waals surface area contributed by atoms with Crippen LogP contribution in [0.4, 0.5) is 0 Å². The van der Waals surface area contributed by atoms with Gasteiger partial charge in [0, 0.05) is 5.54 Å². The maximum absolute atomic E-state index is 3.75. The lowest BCUT2D eigenvalue weighted by atomic mass is 9.82. The average Bonchev–Trinajstić information content (AvgIpc) is 2.01. The smallest absolute Gasteiger partial charge is 0.0374 e. The van der Waals surface area contributed by atoms with Gasteiger partial charge >= 0.3 is 0 Å². The van der Waals surface area contributed by atoms with E-state index in [-0.39, 0.29) is 5.54 Å². The van der Waals surface area contributed by atoms with Gasteiger partial charge in [0.2, 0.25) is 0 Å². The SMILES string of the molecule is C=CNC(C)(C)C1/C=C\CCCCC1. The highest BCUT2D eigenvalue weighted by molar-refractivity contribution is 5.01. The molecule has 1 nitrogen and oxygen atoms in total. The Labute approximate surface area is 88.3 Å². The molecular formula is C13H23N. The molecular weight excluding hydrogens is 170 g/mol. The lowest BCUT2D eigenvalue weighted by Crippen LogP contribution is -2.42. The van der Waals surface area contributed by atoms with Crippen LogP contribution in [0, 0.1) is 5.92 Å². The van der Waals surface area contributed by atoms with E-state index in [1.807, 2.05) is 6.20 Å². The molecule has 0 radical (unpaired) electrons. The van der Waals surface area contributed by atoms with Gasteiger partial charge in [-0.2, -0.15) is 0 Å². The maximum Gasteiger partial charge on any atom is 0.0374 e. The molecule has 1 aliphatic rings. The Morgan fingerprint density at radius 1 is 1.36 bits per heavy atom. The van der Waals surface area contributed by atoms with E-state index < -0.39 is 0 Å². The van der Waals surface area contributed by atoms with Crippen molar-refractivity contribution in [2.24, 2.45) is 5.92 Å². The van der Waals surface area contributed by atoms with Crippen molar-refractivity contribution in [2.75, 3.05) is 0 Å². The highest BCUT2D eigenvalue weighted by Gasteiger charge is 2.25. The van der Waals surface area contributed by atoms with Crippen LogP contribution < -0.4 is 5.32 Å². The number of nitrogens with one attached hydrogen (secondary N) is 1. The van der Waals surface area contributed by atoms with E-state index >= 15 is 0 Å². The molecule has 0 heterocycles. The predicted molar refractivity (Wildman–Crippen MR) is 63.1 cm³/mol. The Hall–Kier alpha value is -0.720. The highest BCUT2D eigenvalue weighted by Crippen LogP contribution is 2.26. The summed E-state index contributed by atoms with van der Waals surface area (Å²) in [4.78, 5) is 0. The molecule has 1 atom stereocenters. The Morgan fingerprint density at radius 2 is 2.14 bits per heavy atom. The fourth-order valence-corrected chi connectivity index (χ4v) is 2.13. The van der Waals surface area contributed by atoms with Crippen molar-refractivity contribution in [3.05, 3.63) is 24.9 Å². The third kappa shape index (κ3) is 3.21. The first kappa shape index (κ1) is 11.4. The maximum atomic E-state index is 3.75. The van der Waals surface area contributed by atoms with Gasteiger partial charge < -0.3 is 5.32 Å². The summed E-state index contributed by atoms with van der Waals surface area (Å²) in [5.41, 5.74) is 0.148. The molecule has 0 saturated heterocycles. The molecule has 1 rings (SSSR count). The Balaban J connectivity index is 2.62. The summed E-state index contributed by atoms with van der Waals surface area (Å²) in [7, 11) is 0. The normalized spacial score (nSPS) is 26.0. The first-order chi connectivity index (χ1) is 6.67. The molecule has 0 aromatic rings. The van der Waals surface area contributed by atoms with Gasteiger partial charge in [0.15, 0.2) is 0 Å². The van der Waals surface area contributed by atoms with Crippen LogP contribution in [0.15, 0.2) is 24.9 Å². The van der Waals surface area contributed by atoms with Gasteiger partial charge in [-0.25, -0.2) is 0 Å². The summed E-state index contributed by atoms with van der Waals surface area (Å²) < 4.78 is 0. The number of allylic oxidation sites excluding steroid dienone is 1. The molecule has 0 amide bonds. The molecule has 14 heavy (non-hydrogen) atoms. The van der Waals surface area contributed by atoms with E-state index in [1.54, 1.807) is 0 Å². The van der Waals surface area contributed by atoms with Crippen LogP contribution in [0.3, 0.4) is 0 Å². The van der Waals surface area contributed by atoms with Crippen molar-refractivity contribution >= 4 is 0 Å². The van der Waals surface area contributed by atoms with Gasteiger partial charge in [-0.1, -0.05) is 31.6 Å². The first-order valence-electron chi connectivity index (χ1n) is 5.72. The summed E-state index contributed by atoms with van der Waals surface area (Å²) in [5, 5.41) is 3.35. The molecule has 0 bridgehead atoms. The zero-order valence-electron chi connectivity index (χ0n) is 9.55. The van der Waals surface area contributed by atoms with Crippen LogP contribution in [0.2, 0.25) is 0 Å². The van der Waals surface area contributed by atoms with Crippen LogP contribution in [0.25, 0.3) is 0 Å². The largest absolute Gasteiger partial charge is 0.386 e. The van der Waals surface area contributed by atoms with Crippen molar-refractivity contribution in [3.8, 4) is 0 Å². The van der Waals surface area contributed by atoms with E-state index in [0.29, 0.717) is 5.92 Å². The molecule has 1 N–H and O–H groups in total. The molecule has 1 unspecified atom stereocenters. The zero-order valence-corrected chi connectivity index (χ0v) is 9.55. The molecule has 1 heteroatoms. The summed E-state index contributed by atoms with van der Waals surface area (Å²) in [5.74, 6) is 0.640. The zero-order chi connectivity index (χ0) is 10.4. The Morgan fingerprint density at radius 3 is 2.86 bits per heavy atom. The van der Waals surface area contributed by atoms with Crippen LogP contribution in [0.5, 0.6) is 0 Å². The fourth-order valence-electron chi connectivity index (χ4n) is 2.13. The second kappa shape index (κ2) is 5.23. The molecule has 0 saturated carbocycles. The lowest BCUT2D eigenvalue weighted by molar-refractivity contribution is 0.304. The minimum Gasteiger partial charge on any atom is -0.386 e. The average molecular weight is 193 g/mol. The molecule has 0 aromatic heterocycles. The third-order valence-electron chi connectivity index (χ3n) is 3.16. The van der Waals surface area contributed by atoms with E-state index in [1.165, 1.54) is 32.1 Å². The highest BCUT2D eigenvalue weighted by atomic mass is 14.9. The topological polar surface area (TPSA) is 12.0 Å². The standard InChI is InChI=1S/C13H23N/c1-4-14-13(2,3)12-10-8-6-5-7-9-11-12/h4,8,10,12,14H,1,5-7,9,11H2,2-3H3/b10-8-. The summed E-state index contributed by atoms with van der Waals surface area (Å²) in [6.07, 6.45) is 13.2. The van der Waals surface area contributed by atoms with Crippen molar-refractivity contribution in [1.29, 1.82) is 0 Å². The fraction of sp³-hybridized carbons (Fsp3) is 0.692. The van der Waals surface area contributed by atoms with Crippen molar-refractivity contribution < 1.29 is 0 Å². The van der Waals surface area contributed by atoms with Gasteiger partial charge in [0.05, 0.1) is 0 Å². The molecule has 0 aliphatic heterocycles. The van der Waals surface area contributed by atoms with E-state index in [4.69, 9.17) is 0 Å². The molecule has 0 aromatic carbocycles. The molecule has 0 spiro atoms. The minimum absolute atomic E-state index is 0.148. The van der Waals surface area contributed by atoms with Crippen LogP contribution in [-0.2, 0) is 0 Å². The monoisotopic (exact) mass is 193 g/mol. The first-order valence-corrected chi connectivity index (χ1v) is 5.72. The van der Waals surface area contributed by atoms with E-state index in [9.17, 15) is 0 Å². The van der Waals surface area contributed by atoms with Gasteiger partial charge in [-0.3, -0.25) is 0 Å². The summed E-state index contributed by atoms with van der Waals surface area (Å²) in [6, 6.07) is 0. The molecule has 0 fully saturated rings. The van der Waals surface area contributed by atoms with Crippen molar-refractivity contribution in [2.45, 2.75) is 51.5 Å². The van der Waals surface area contributed by atoms with Gasteiger partial charge in [0.25, 0.3) is 0 Å². The molecule has 80 valence electrons. The van der Waals surface area contributed by atoms with Crippen LogP contribution in [0.1, 0.15) is 46.0 Å². The summed E-state index contributed by atoms with van der Waals surface area (Å²) >= 11 is 0. The predicted octanol–water partition coefficient (Wildman–Crippen LogP) is 3.63. The van der Waals surface area contributed by atoms with E-state index in [2.05, 4.69) is 37.9 Å². The number of hydrogen-bond acceptors (Lipinski definition) is 1. The number of rotatable bonds is 3. The lowest BCUT2D eigenvalue weighted by Gasteiger charge is -2.33. The second-order valence-electron chi connectivity index (χ2n) is 4.74. The van der Waals surface area contributed by atoms with Crippen molar-refractivity contribution in [3.63, 3.8) is 0 Å². The van der Waals surface area contributed by atoms with Gasteiger partial charge in [0.1, 0.15) is 0 Å². The quantitative estimate of drug-likeness (QED) is 0.675. The minimum atomic E-state index is 0.148. The molecule has 1 aliphatic carbocycles. The van der Waals surface area contributed by atoms with E-state index in [0.717, 1.165) is 0 Å². The van der Waals surface area contributed by atoms with Crippen LogP contribution >= 0.6 is 0 Å². The van der Waals surface area contributed by atoms with Gasteiger partial charge in [-0.05, 0) is 45.2 Å².